The molecule has 0 amide bonds. The SMILES string of the molecule is CC(C)CC(C)(CC(C)(C)C)C(=O)OC(C)(C)C. The molecule has 18 heavy (non-hydrogen) atoms. The maximum atomic E-state index is 12.5. The van der Waals surface area contributed by atoms with Gasteiger partial charge >= 0.3 is 5.97 Å². The van der Waals surface area contributed by atoms with Crippen molar-refractivity contribution in [3.8, 4) is 0 Å². The fourth-order valence-corrected chi connectivity index (χ4v) is 2.70. The first kappa shape index (κ1) is 17.5. The summed E-state index contributed by atoms with van der Waals surface area (Å²) in [6, 6.07) is 0. The molecule has 0 aromatic carbocycles. The van der Waals surface area contributed by atoms with Gasteiger partial charge in [-0.05, 0) is 51.9 Å². The molecule has 0 fully saturated rings. The molecule has 1 unspecified atom stereocenters. The highest BCUT2D eigenvalue weighted by atomic mass is 16.6. The van der Waals surface area contributed by atoms with Crippen LogP contribution in [0, 0.1) is 16.7 Å². The van der Waals surface area contributed by atoms with Crippen LogP contribution in [0.3, 0.4) is 0 Å². The second kappa shape index (κ2) is 5.63. The van der Waals surface area contributed by atoms with Crippen LogP contribution in [0.15, 0.2) is 0 Å². The van der Waals surface area contributed by atoms with E-state index < -0.39 is 5.60 Å². The number of carbonyl (C=O) groups excluding carboxylic acids is 1. The predicted octanol–water partition coefficient (Wildman–Crippen LogP) is 4.82. The van der Waals surface area contributed by atoms with Crippen molar-refractivity contribution in [1.29, 1.82) is 0 Å². The smallest absolute Gasteiger partial charge is 0.312 e. The minimum Gasteiger partial charge on any atom is -0.460 e. The van der Waals surface area contributed by atoms with E-state index in [1.165, 1.54) is 0 Å². The average molecular weight is 256 g/mol. The van der Waals surface area contributed by atoms with Crippen LogP contribution in [0.5, 0.6) is 0 Å². The summed E-state index contributed by atoms with van der Waals surface area (Å²) in [5, 5.41) is 0. The van der Waals surface area contributed by atoms with Crippen molar-refractivity contribution < 1.29 is 9.53 Å². The van der Waals surface area contributed by atoms with Gasteiger partial charge in [0.1, 0.15) is 5.60 Å². The summed E-state index contributed by atoms with van der Waals surface area (Å²) in [6.45, 7) is 18.7. The minimum atomic E-state index is -0.410. The summed E-state index contributed by atoms with van der Waals surface area (Å²) in [7, 11) is 0. The Morgan fingerprint density at radius 3 is 1.72 bits per heavy atom. The Bertz CT molecular complexity index is 278. The topological polar surface area (TPSA) is 26.3 Å². The molecule has 0 saturated carbocycles. The van der Waals surface area contributed by atoms with E-state index in [0.29, 0.717) is 5.92 Å². The first-order chi connectivity index (χ1) is 7.75. The van der Waals surface area contributed by atoms with Gasteiger partial charge in [-0.25, -0.2) is 0 Å². The van der Waals surface area contributed by atoms with Crippen molar-refractivity contribution in [2.75, 3.05) is 0 Å². The number of rotatable bonds is 4. The van der Waals surface area contributed by atoms with Crippen molar-refractivity contribution in [1.82, 2.24) is 0 Å². The molecule has 0 N–H and O–H groups in total. The predicted molar refractivity (Wildman–Crippen MR) is 77.5 cm³/mol. The molecular weight excluding hydrogens is 224 g/mol. The molecule has 0 aliphatic heterocycles. The third kappa shape index (κ3) is 7.03. The van der Waals surface area contributed by atoms with Crippen LogP contribution in [0.1, 0.15) is 75.2 Å². The number of hydrogen-bond acceptors (Lipinski definition) is 2. The van der Waals surface area contributed by atoms with E-state index in [-0.39, 0.29) is 16.8 Å². The summed E-state index contributed by atoms with van der Waals surface area (Å²) in [5.41, 5.74) is -0.673. The summed E-state index contributed by atoms with van der Waals surface area (Å²) < 4.78 is 5.61. The van der Waals surface area contributed by atoms with Gasteiger partial charge in [0.05, 0.1) is 5.41 Å². The Morgan fingerprint density at radius 1 is 1.00 bits per heavy atom. The van der Waals surface area contributed by atoms with Crippen LogP contribution in [0.2, 0.25) is 0 Å². The highest BCUT2D eigenvalue weighted by Crippen LogP contribution is 2.40. The summed E-state index contributed by atoms with van der Waals surface area (Å²) in [6.07, 6.45) is 1.73. The van der Waals surface area contributed by atoms with E-state index in [1.807, 2.05) is 27.7 Å². The minimum absolute atomic E-state index is 0.0568. The third-order valence-electron chi connectivity index (χ3n) is 2.67. The number of hydrogen-bond donors (Lipinski definition) is 0. The highest BCUT2D eigenvalue weighted by molar-refractivity contribution is 5.76. The monoisotopic (exact) mass is 256 g/mol. The molecule has 0 rings (SSSR count). The molecule has 0 spiro atoms. The van der Waals surface area contributed by atoms with Crippen molar-refractivity contribution >= 4 is 5.97 Å². The molecule has 2 heteroatoms. The molecule has 0 bridgehead atoms. The lowest BCUT2D eigenvalue weighted by molar-refractivity contribution is -0.169. The Balaban J connectivity index is 5.03. The van der Waals surface area contributed by atoms with Gasteiger partial charge in [0, 0.05) is 0 Å². The molecular formula is C16H32O2. The van der Waals surface area contributed by atoms with E-state index in [2.05, 4.69) is 34.6 Å². The van der Waals surface area contributed by atoms with Crippen molar-refractivity contribution in [2.24, 2.45) is 16.7 Å². The lowest BCUT2D eigenvalue weighted by Crippen LogP contribution is -2.39. The normalized spacial score (nSPS) is 16.6. The van der Waals surface area contributed by atoms with Crippen LogP contribution in [0.25, 0.3) is 0 Å². The molecule has 0 radical (unpaired) electrons. The van der Waals surface area contributed by atoms with Crippen LogP contribution < -0.4 is 0 Å². The van der Waals surface area contributed by atoms with Crippen molar-refractivity contribution in [3.63, 3.8) is 0 Å². The summed E-state index contributed by atoms with van der Waals surface area (Å²) >= 11 is 0. The van der Waals surface area contributed by atoms with Gasteiger partial charge in [0.2, 0.25) is 0 Å². The van der Waals surface area contributed by atoms with Gasteiger partial charge in [-0.2, -0.15) is 0 Å². The Labute approximate surface area is 113 Å². The fraction of sp³-hybridized carbons (Fsp3) is 0.938. The molecule has 108 valence electrons. The standard InChI is InChI=1S/C16H32O2/c1-12(2)10-16(9,11-14(3,4)5)13(17)18-15(6,7)8/h12H,10-11H2,1-9H3. The fourth-order valence-electron chi connectivity index (χ4n) is 2.70. The van der Waals surface area contributed by atoms with E-state index in [4.69, 9.17) is 4.74 Å². The molecule has 0 heterocycles. The molecule has 0 aromatic rings. The maximum Gasteiger partial charge on any atom is 0.312 e. The largest absolute Gasteiger partial charge is 0.460 e. The highest BCUT2D eigenvalue weighted by Gasteiger charge is 2.40. The van der Waals surface area contributed by atoms with Gasteiger partial charge in [0.25, 0.3) is 0 Å². The van der Waals surface area contributed by atoms with E-state index in [9.17, 15) is 4.79 Å². The molecule has 1 atom stereocenters. The Morgan fingerprint density at radius 2 is 1.44 bits per heavy atom. The summed E-state index contributed by atoms with van der Waals surface area (Å²) in [5.74, 6) is 0.434. The van der Waals surface area contributed by atoms with Gasteiger partial charge in [0.15, 0.2) is 0 Å². The van der Waals surface area contributed by atoms with Gasteiger partial charge in [-0.3, -0.25) is 4.79 Å². The molecule has 0 aliphatic carbocycles. The number of esters is 1. The van der Waals surface area contributed by atoms with E-state index in [0.717, 1.165) is 12.8 Å². The second-order valence-corrected chi connectivity index (χ2v) is 8.40. The van der Waals surface area contributed by atoms with E-state index in [1.54, 1.807) is 0 Å². The van der Waals surface area contributed by atoms with E-state index >= 15 is 0 Å². The van der Waals surface area contributed by atoms with Gasteiger partial charge in [-0.15, -0.1) is 0 Å². The third-order valence-corrected chi connectivity index (χ3v) is 2.67. The Kier molecular flexibility index (Phi) is 5.46. The molecule has 2 nitrogen and oxygen atoms in total. The lowest BCUT2D eigenvalue weighted by atomic mass is 9.71. The van der Waals surface area contributed by atoms with Gasteiger partial charge < -0.3 is 4.74 Å². The van der Waals surface area contributed by atoms with Crippen LogP contribution >= 0.6 is 0 Å². The number of carbonyl (C=O) groups is 1. The van der Waals surface area contributed by atoms with Crippen molar-refractivity contribution in [3.05, 3.63) is 0 Å². The van der Waals surface area contributed by atoms with Crippen LogP contribution in [0.4, 0.5) is 0 Å². The zero-order chi connectivity index (χ0) is 14.8. The van der Waals surface area contributed by atoms with Crippen LogP contribution in [-0.2, 0) is 9.53 Å². The molecule has 0 saturated heterocycles. The average Bonchev–Trinajstić information content (AvgIpc) is 1.93. The van der Waals surface area contributed by atoms with Gasteiger partial charge in [-0.1, -0.05) is 34.6 Å². The number of ether oxygens (including phenoxy) is 1. The Hall–Kier alpha value is -0.530. The first-order valence-corrected chi connectivity index (χ1v) is 6.99. The zero-order valence-electron chi connectivity index (χ0n) is 13.8. The lowest BCUT2D eigenvalue weighted by Gasteiger charge is -2.37. The molecule has 0 aromatic heterocycles. The second-order valence-electron chi connectivity index (χ2n) is 8.40. The molecule has 0 aliphatic rings. The quantitative estimate of drug-likeness (QED) is 0.674. The first-order valence-electron chi connectivity index (χ1n) is 6.99. The zero-order valence-corrected chi connectivity index (χ0v) is 13.8. The summed E-state index contributed by atoms with van der Waals surface area (Å²) in [4.78, 5) is 12.5. The van der Waals surface area contributed by atoms with Crippen molar-refractivity contribution in [2.45, 2.75) is 80.8 Å². The van der Waals surface area contributed by atoms with Crippen LogP contribution in [-0.4, -0.2) is 11.6 Å². The maximum absolute atomic E-state index is 12.5.